The Morgan fingerprint density at radius 3 is 2.62 bits per heavy atom. The first-order chi connectivity index (χ1) is 12.5. The Morgan fingerprint density at radius 2 is 2.00 bits per heavy atom. The van der Waals surface area contributed by atoms with Gasteiger partial charge in [0.15, 0.2) is 5.82 Å². The monoisotopic (exact) mass is 408 g/mol. The van der Waals surface area contributed by atoms with Gasteiger partial charge >= 0.3 is 0 Å². The molecule has 1 atom stereocenters. The number of aromatic nitrogens is 2. The molecule has 2 aromatic rings. The van der Waals surface area contributed by atoms with Crippen molar-refractivity contribution in [1.29, 1.82) is 0 Å². The van der Waals surface area contributed by atoms with E-state index in [2.05, 4.69) is 21.8 Å². The third-order valence-electron chi connectivity index (χ3n) is 6.08. The minimum absolute atomic E-state index is 0.431. The maximum Gasteiger partial charge on any atom is 0.158 e. The van der Waals surface area contributed by atoms with Crippen LogP contribution in [0.4, 0.5) is 11.6 Å². The molecule has 0 bridgehead atoms. The van der Waals surface area contributed by atoms with E-state index in [1.54, 1.807) is 6.07 Å². The van der Waals surface area contributed by atoms with E-state index in [1.165, 1.54) is 37.4 Å². The molecular weight excluding hydrogens is 387 g/mol. The van der Waals surface area contributed by atoms with Crippen LogP contribution in [0.15, 0.2) is 34.3 Å². The zero-order chi connectivity index (χ0) is 18.3. The van der Waals surface area contributed by atoms with Gasteiger partial charge in [-0.05, 0) is 49.1 Å². The lowest BCUT2D eigenvalue weighted by Gasteiger charge is -2.53. The highest BCUT2D eigenvalue weighted by Crippen LogP contribution is 2.53. The van der Waals surface area contributed by atoms with Crippen molar-refractivity contribution in [1.82, 2.24) is 9.97 Å². The van der Waals surface area contributed by atoms with Crippen LogP contribution in [0.25, 0.3) is 0 Å². The maximum absolute atomic E-state index is 6.26. The van der Waals surface area contributed by atoms with Gasteiger partial charge in [-0.25, -0.2) is 9.97 Å². The first kappa shape index (κ1) is 18.2. The van der Waals surface area contributed by atoms with Gasteiger partial charge in [0.05, 0.1) is 16.2 Å². The van der Waals surface area contributed by atoms with E-state index in [4.69, 9.17) is 28.9 Å². The van der Waals surface area contributed by atoms with Crippen molar-refractivity contribution in [3.05, 3.63) is 34.4 Å². The van der Waals surface area contributed by atoms with Crippen LogP contribution in [0.1, 0.15) is 32.6 Å². The van der Waals surface area contributed by atoms with Crippen LogP contribution < -0.4 is 10.6 Å². The van der Waals surface area contributed by atoms with Crippen LogP contribution in [0, 0.1) is 11.3 Å². The molecule has 4 rings (SSSR count). The van der Waals surface area contributed by atoms with E-state index in [-0.39, 0.29) is 0 Å². The minimum Gasteiger partial charge on any atom is -0.381 e. The van der Waals surface area contributed by atoms with Crippen molar-refractivity contribution in [2.45, 2.75) is 42.5 Å². The third kappa shape index (κ3) is 3.25. The summed E-state index contributed by atoms with van der Waals surface area (Å²) in [7, 11) is 0. The Morgan fingerprint density at radius 1 is 1.23 bits per heavy atom. The Balaban J connectivity index is 1.47. The van der Waals surface area contributed by atoms with Gasteiger partial charge in [-0.15, -0.1) is 0 Å². The summed E-state index contributed by atoms with van der Waals surface area (Å²) in [5, 5.41) is 1.69. The molecule has 1 aliphatic carbocycles. The minimum atomic E-state index is 0.431. The number of nitrogens with two attached hydrogens (primary N) is 1. The van der Waals surface area contributed by atoms with Crippen LogP contribution in [0.5, 0.6) is 0 Å². The topological polar surface area (TPSA) is 55.0 Å². The van der Waals surface area contributed by atoms with E-state index in [0.29, 0.717) is 26.3 Å². The van der Waals surface area contributed by atoms with Crippen LogP contribution in [-0.4, -0.2) is 23.1 Å². The van der Waals surface area contributed by atoms with Crippen LogP contribution in [-0.2, 0) is 0 Å². The average molecular weight is 409 g/mol. The Bertz CT molecular complexity index is 821. The molecule has 26 heavy (non-hydrogen) atoms. The second kappa shape index (κ2) is 7.10. The molecule has 1 unspecified atom stereocenters. The van der Waals surface area contributed by atoms with Crippen LogP contribution >= 0.6 is 35.0 Å². The summed E-state index contributed by atoms with van der Waals surface area (Å²) >= 11 is 13.7. The number of piperidine rings is 1. The first-order valence-electron chi connectivity index (χ1n) is 8.98. The largest absolute Gasteiger partial charge is 0.381 e. The summed E-state index contributed by atoms with van der Waals surface area (Å²) in [6.07, 6.45) is 7.06. The number of rotatable bonds is 3. The van der Waals surface area contributed by atoms with Crippen molar-refractivity contribution in [3.8, 4) is 0 Å². The smallest absolute Gasteiger partial charge is 0.158 e. The zero-order valence-corrected chi connectivity index (χ0v) is 17.0. The van der Waals surface area contributed by atoms with Gasteiger partial charge in [0.25, 0.3) is 0 Å². The van der Waals surface area contributed by atoms with Gasteiger partial charge in [0.1, 0.15) is 10.8 Å². The highest BCUT2D eigenvalue weighted by molar-refractivity contribution is 7.99. The number of halogens is 2. The lowest BCUT2D eigenvalue weighted by atomic mass is 9.56. The second-order valence-corrected chi connectivity index (χ2v) is 9.18. The van der Waals surface area contributed by atoms with E-state index in [0.717, 1.165) is 29.7 Å². The van der Waals surface area contributed by atoms with Gasteiger partial charge < -0.3 is 10.6 Å². The molecule has 2 N–H and O–H groups in total. The summed E-state index contributed by atoms with van der Waals surface area (Å²) in [5.41, 5.74) is 6.76. The van der Waals surface area contributed by atoms with Gasteiger partial charge in [0.2, 0.25) is 0 Å². The lowest BCUT2D eigenvalue weighted by Crippen LogP contribution is -2.48. The lowest BCUT2D eigenvalue weighted by molar-refractivity contribution is 0.0163. The number of hydrogen-bond donors (Lipinski definition) is 1. The maximum atomic E-state index is 6.26. The fourth-order valence-electron chi connectivity index (χ4n) is 4.05. The molecule has 4 nitrogen and oxygen atoms in total. The Labute approximate surface area is 168 Å². The second-order valence-electron chi connectivity index (χ2n) is 7.36. The fourth-order valence-corrected chi connectivity index (χ4v) is 5.33. The molecule has 1 aliphatic heterocycles. The van der Waals surface area contributed by atoms with Crippen LogP contribution in [0.2, 0.25) is 10.0 Å². The number of nitrogen functional groups attached to an aromatic ring is 1. The predicted octanol–water partition coefficient (Wildman–Crippen LogP) is 5.53. The summed E-state index contributed by atoms with van der Waals surface area (Å²) in [4.78, 5) is 12.3. The molecule has 1 spiro atoms. The normalized spacial score (nSPS) is 21.7. The molecule has 7 heteroatoms. The highest BCUT2D eigenvalue weighted by atomic mass is 35.5. The molecule has 2 aliphatic rings. The Kier molecular flexibility index (Phi) is 4.97. The van der Waals surface area contributed by atoms with E-state index < -0.39 is 0 Å². The highest BCUT2D eigenvalue weighted by Gasteiger charge is 2.45. The molecular formula is C19H22Cl2N4S. The number of benzene rings is 1. The van der Waals surface area contributed by atoms with Crippen molar-refractivity contribution in [3.63, 3.8) is 0 Å². The molecule has 1 saturated carbocycles. The van der Waals surface area contributed by atoms with Crippen molar-refractivity contribution in [2.75, 3.05) is 23.7 Å². The van der Waals surface area contributed by atoms with Crippen LogP contribution in [0.3, 0.4) is 0 Å². The summed E-state index contributed by atoms with van der Waals surface area (Å²) in [5.74, 6) is 2.16. The van der Waals surface area contributed by atoms with E-state index in [9.17, 15) is 0 Å². The molecule has 138 valence electrons. The predicted molar refractivity (Wildman–Crippen MR) is 109 cm³/mol. The summed E-state index contributed by atoms with van der Waals surface area (Å²) < 4.78 is 0. The van der Waals surface area contributed by atoms with E-state index in [1.807, 2.05) is 18.3 Å². The van der Waals surface area contributed by atoms with Gasteiger partial charge in [-0.3, -0.25) is 0 Å². The SMILES string of the molecule is CC1CCC12CCN(c1cnc(Sc3cccc(Cl)c3Cl)c(N)n1)CC2. The standard InChI is InChI=1S/C19H22Cl2N4S/c1-12-5-6-19(12)7-9-25(10-8-19)15-11-23-18(17(22)24-15)26-14-4-2-3-13(20)16(14)21/h2-4,11-12H,5-10H2,1H3,(H2,22,24). The molecule has 2 fully saturated rings. The molecule has 2 heterocycles. The molecule has 0 amide bonds. The quantitative estimate of drug-likeness (QED) is 0.722. The van der Waals surface area contributed by atoms with Gasteiger partial charge in [0, 0.05) is 18.0 Å². The molecule has 1 aromatic carbocycles. The molecule has 1 aromatic heterocycles. The number of nitrogens with zero attached hydrogens (tertiary/aromatic N) is 3. The number of anilines is 2. The molecule has 1 saturated heterocycles. The van der Waals surface area contributed by atoms with E-state index >= 15 is 0 Å². The summed E-state index contributed by atoms with van der Waals surface area (Å²) in [6.45, 7) is 4.46. The van der Waals surface area contributed by atoms with Gasteiger partial charge in [-0.1, -0.05) is 48.0 Å². The first-order valence-corrected chi connectivity index (χ1v) is 10.6. The fraction of sp³-hybridized carbons (Fsp3) is 0.474. The number of hydrogen-bond acceptors (Lipinski definition) is 5. The zero-order valence-electron chi connectivity index (χ0n) is 14.7. The van der Waals surface area contributed by atoms with Crippen molar-refractivity contribution >= 4 is 46.6 Å². The van der Waals surface area contributed by atoms with Crippen molar-refractivity contribution in [2.24, 2.45) is 11.3 Å². The van der Waals surface area contributed by atoms with Gasteiger partial charge in [-0.2, -0.15) is 0 Å². The summed E-state index contributed by atoms with van der Waals surface area (Å²) in [6, 6.07) is 5.52. The van der Waals surface area contributed by atoms with Crippen molar-refractivity contribution < 1.29 is 0 Å². The molecule has 0 radical (unpaired) electrons. The third-order valence-corrected chi connectivity index (χ3v) is 8.08. The Hall–Kier alpha value is -1.17. The average Bonchev–Trinajstić information content (AvgIpc) is 2.66.